The Kier molecular flexibility index (Phi) is 5.38. The van der Waals surface area contributed by atoms with Gasteiger partial charge in [-0.25, -0.2) is 14.6 Å². The van der Waals surface area contributed by atoms with Crippen molar-refractivity contribution >= 4 is 41.8 Å². The van der Waals surface area contributed by atoms with Crippen LogP contribution in [0.25, 0.3) is 6.08 Å². The van der Waals surface area contributed by atoms with Crippen LogP contribution in [0.3, 0.4) is 0 Å². The molecule has 2 aliphatic rings. The smallest absolute Gasteiger partial charge is 0.404 e. The minimum Gasteiger partial charge on any atom is -0.480 e. The monoisotopic (exact) mass is 420 g/mol. The molecule has 154 valence electrons. The zero-order valence-electron chi connectivity index (χ0n) is 15.4. The lowest BCUT2D eigenvalue weighted by Gasteiger charge is -2.39. The molecule has 2 fully saturated rings. The average Bonchev–Trinajstić information content (AvgIpc) is 2.94. The number of carboxylic acids is 1. The number of aliphatic carboxylic acids is 1. The molecule has 0 aromatic carbocycles. The maximum absolute atomic E-state index is 12.7. The molecule has 0 aliphatic carbocycles. The molecular weight excluding hydrogens is 400 g/mol. The van der Waals surface area contributed by atoms with Crippen LogP contribution in [0.15, 0.2) is 28.9 Å². The second kappa shape index (κ2) is 7.62. The van der Waals surface area contributed by atoms with Crippen molar-refractivity contribution in [1.82, 2.24) is 9.88 Å². The number of fused-ring (bicyclic) bond motifs is 1. The Morgan fingerprint density at radius 3 is 2.79 bits per heavy atom. The first-order chi connectivity index (χ1) is 13.6. The highest BCUT2D eigenvalue weighted by molar-refractivity contribution is 8.02. The van der Waals surface area contributed by atoms with E-state index in [2.05, 4.69) is 9.98 Å². The molecule has 3 rings (SSSR count). The van der Waals surface area contributed by atoms with Crippen LogP contribution in [-0.4, -0.2) is 61.7 Å². The Morgan fingerprint density at radius 2 is 2.17 bits per heavy atom. The first-order valence-electron chi connectivity index (χ1n) is 8.50. The van der Waals surface area contributed by atoms with E-state index in [0.717, 1.165) is 5.56 Å². The summed E-state index contributed by atoms with van der Waals surface area (Å²) in [5, 5.41) is 9.13. The third kappa shape index (κ3) is 3.97. The SMILES string of the molecule is C[C@@]1(COC(N)=O)SC2C(=Cc3cc(CN=C(N)N)ccn3)C(=O)N2[C@H]1C(=O)O. The van der Waals surface area contributed by atoms with E-state index in [0.29, 0.717) is 11.3 Å². The fourth-order valence-electron chi connectivity index (χ4n) is 3.29. The third-order valence-electron chi connectivity index (χ3n) is 4.57. The van der Waals surface area contributed by atoms with E-state index in [1.165, 1.54) is 16.7 Å². The molecule has 0 radical (unpaired) electrons. The minimum absolute atomic E-state index is 0.0361. The average molecular weight is 420 g/mol. The van der Waals surface area contributed by atoms with Crippen LogP contribution in [0.1, 0.15) is 18.2 Å². The normalized spacial score (nSPS) is 26.6. The Bertz CT molecular complexity index is 931. The maximum atomic E-state index is 12.7. The number of β-lactam (4-membered cyclic amide) rings is 1. The maximum Gasteiger partial charge on any atom is 0.404 e. The number of ether oxygens (including phenoxy) is 1. The first-order valence-corrected chi connectivity index (χ1v) is 9.38. The minimum atomic E-state index is -1.18. The standard InChI is InChI=1S/C17H20N6O5S/c1-17(7-28-16(20)27)11(14(25)26)23-12(24)10(13(23)29-17)5-9-4-8(2-3-21-9)6-22-15(18)19/h2-5,11,13H,6-7H2,1H3,(H2,20,27)(H,25,26)(H4,18,19,22)/t11-,13?,17-/m0/s1. The number of aromatic nitrogens is 1. The van der Waals surface area contributed by atoms with Crippen molar-refractivity contribution < 1.29 is 24.2 Å². The number of aliphatic imine (C=N–C) groups is 1. The van der Waals surface area contributed by atoms with Crippen molar-refractivity contribution in [3.63, 3.8) is 0 Å². The number of rotatable bonds is 6. The van der Waals surface area contributed by atoms with Gasteiger partial charge in [0.25, 0.3) is 5.91 Å². The van der Waals surface area contributed by atoms with Gasteiger partial charge in [-0.1, -0.05) is 0 Å². The fraction of sp³-hybridized carbons (Fsp3) is 0.353. The van der Waals surface area contributed by atoms with Crippen LogP contribution in [0.5, 0.6) is 0 Å². The van der Waals surface area contributed by atoms with Crippen LogP contribution in [0, 0.1) is 0 Å². The lowest BCUT2D eigenvalue weighted by atomic mass is 9.94. The van der Waals surface area contributed by atoms with E-state index in [1.807, 2.05) is 0 Å². The number of nitrogens with two attached hydrogens (primary N) is 3. The summed E-state index contributed by atoms with van der Waals surface area (Å²) in [6, 6.07) is 2.33. The summed E-state index contributed by atoms with van der Waals surface area (Å²) in [5.74, 6) is -1.62. The van der Waals surface area contributed by atoms with Crippen LogP contribution in [0.2, 0.25) is 0 Å². The van der Waals surface area contributed by atoms with E-state index in [4.69, 9.17) is 21.9 Å². The predicted molar refractivity (Wildman–Crippen MR) is 105 cm³/mol. The molecule has 2 saturated heterocycles. The van der Waals surface area contributed by atoms with Gasteiger partial charge in [0, 0.05) is 6.20 Å². The quantitative estimate of drug-likeness (QED) is 0.203. The highest BCUT2D eigenvalue weighted by Crippen LogP contribution is 2.53. The van der Waals surface area contributed by atoms with Crippen LogP contribution >= 0.6 is 11.8 Å². The second-order valence-corrected chi connectivity index (χ2v) is 8.39. The van der Waals surface area contributed by atoms with Crippen molar-refractivity contribution in [2.24, 2.45) is 22.2 Å². The van der Waals surface area contributed by atoms with Crippen LogP contribution in [-0.2, 0) is 20.9 Å². The summed E-state index contributed by atoms with van der Waals surface area (Å²) < 4.78 is 3.79. The number of guanidine groups is 1. The Balaban J connectivity index is 1.85. The lowest BCUT2D eigenvalue weighted by Crippen LogP contribution is -2.59. The van der Waals surface area contributed by atoms with Crippen molar-refractivity contribution in [1.29, 1.82) is 0 Å². The highest BCUT2D eigenvalue weighted by atomic mass is 32.2. The van der Waals surface area contributed by atoms with Gasteiger partial charge >= 0.3 is 12.1 Å². The summed E-state index contributed by atoms with van der Waals surface area (Å²) in [6.45, 7) is 1.66. The fourth-order valence-corrected chi connectivity index (χ4v) is 4.89. The van der Waals surface area contributed by atoms with Crippen molar-refractivity contribution in [2.45, 2.75) is 29.6 Å². The van der Waals surface area contributed by atoms with Gasteiger partial charge in [0.15, 0.2) is 5.96 Å². The number of amides is 2. The molecule has 0 spiro atoms. The Hall–Kier alpha value is -3.28. The number of carboxylic acid groups (broad SMARTS) is 1. The van der Waals surface area contributed by atoms with Crippen molar-refractivity contribution in [3.8, 4) is 0 Å². The van der Waals surface area contributed by atoms with Gasteiger partial charge in [0.05, 0.1) is 22.6 Å². The Labute approximate surface area is 170 Å². The van der Waals surface area contributed by atoms with E-state index in [9.17, 15) is 19.5 Å². The molecule has 2 amide bonds. The number of hydrogen-bond donors (Lipinski definition) is 4. The number of carbonyl (C=O) groups is 3. The molecule has 3 heterocycles. The Morgan fingerprint density at radius 1 is 1.45 bits per heavy atom. The summed E-state index contributed by atoms with van der Waals surface area (Å²) >= 11 is 1.23. The van der Waals surface area contributed by atoms with E-state index in [-0.39, 0.29) is 19.1 Å². The summed E-state index contributed by atoms with van der Waals surface area (Å²) in [7, 11) is 0. The zero-order valence-corrected chi connectivity index (χ0v) is 16.3. The largest absolute Gasteiger partial charge is 0.480 e. The molecule has 12 heteroatoms. The van der Waals surface area contributed by atoms with Gasteiger partial charge in [-0.3, -0.25) is 9.78 Å². The molecule has 11 nitrogen and oxygen atoms in total. The zero-order chi connectivity index (χ0) is 21.3. The first kappa shape index (κ1) is 20.5. The van der Waals surface area contributed by atoms with Gasteiger partial charge in [-0.2, -0.15) is 0 Å². The molecule has 1 unspecified atom stereocenters. The number of nitrogens with zero attached hydrogens (tertiary/aromatic N) is 3. The number of primary amides is 1. The van der Waals surface area contributed by atoms with Gasteiger partial charge in [-0.15, -0.1) is 11.8 Å². The lowest BCUT2D eigenvalue weighted by molar-refractivity contribution is -0.153. The highest BCUT2D eigenvalue weighted by Gasteiger charge is 2.63. The third-order valence-corrected chi connectivity index (χ3v) is 6.15. The molecule has 3 atom stereocenters. The van der Waals surface area contributed by atoms with E-state index in [1.54, 1.807) is 31.3 Å². The van der Waals surface area contributed by atoms with E-state index < -0.39 is 34.1 Å². The van der Waals surface area contributed by atoms with Crippen LogP contribution < -0.4 is 17.2 Å². The summed E-state index contributed by atoms with van der Waals surface area (Å²) in [4.78, 5) is 44.8. The van der Waals surface area contributed by atoms with Gasteiger partial charge in [-0.05, 0) is 30.7 Å². The van der Waals surface area contributed by atoms with Gasteiger partial charge in [0.2, 0.25) is 0 Å². The summed E-state index contributed by atoms with van der Waals surface area (Å²) in [6.07, 6.45) is 2.17. The van der Waals surface area contributed by atoms with Gasteiger partial charge < -0.3 is 31.9 Å². The summed E-state index contributed by atoms with van der Waals surface area (Å²) in [5.41, 5.74) is 17.4. The molecule has 2 aliphatic heterocycles. The number of pyridine rings is 1. The van der Waals surface area contributed by atoms with Gasteiger partial charge in [0.1, 0.15) is 18.0 Å². The molecule has 29 heavy (non-hydrogen) atoms. The number of thioether (sulfide) groups is 1. The van der Waals surface area contributed by atoms with Crippen LogP contribution in [0.4, 0.5) is 4.79 Å². The molecule has 1 aromatic heterocycles. The second-order valence-electron chi connectivity index (χ2n) is 6.77. The number of hydrogen-bond acceptors (Lipinski definition) is 7. The van der Waals surface area contributed by atoms with Crippen molar-refractivity contribution in [3.05, 3.63) is 35.2 Å². The van der Waals surface area contributed by atoms with Crippen molar-refractivity contribution in [2.75, 3.05) is 6.61 Å². The molecule has 7 N–H and O–H groups in total. The predicted octanol–water partition coefficient (Wildman–Crippen LogP) is -0.539. The molecule has 1 aromatic rings. The number of carbonyl (C=O) groups excluding carboxylic acids is 2. The topological polar surface area (TPSA) is 187 Å². The van der Waals surface area contributed by atoms with E-state index >= 15 is 0 Å². The molecular formula is C17H20N6O5S. The molecule has 0 saturated carbocycles. The molecule has 0 bridgehead atoms.